The second-order valence-corrected chi connectivity index (χ2v) is 7.31. The maximum absolute atomic E-state index is 12.3. The van der Waals surface area contributed by atoms with Crippen molar-refractivity contribution in [3.05, 3.63) is 17.4 Å². The first-order valence-corrected chi connectivity index (χ1v) is 7.83. The Labute approximate surface area is 134 Å². The fourth-order valence-corrected chi connectivity index (χ4v) is 3.22. The van der Waals surface area contributed by atoms with Crippen molar-refractivity contribution in [2.75, 3.05) is 6.54 Å². The lowest BCUT2D eigenvalue weighted by Gasteiger charge is -2.34. The summed E-state index contributed by atoms with van der Waals surface area (Å²) in [5, 5.41) is 0.468. The third kappa shape index (κ3) is 3.27. The van der Waals surface area contributed by atoms with Crippen molar-refractivity contribution in [3.63, 3.8) is 0 Å². The van der Waals surface area contributed by atoms with Crippen molar-refractivity contribution in [2.45, 2.75) is 51.4 Å². The normalized spacial score (nSPS) is 27.1. The van der Waals surface area contributed by atoms with E-state index >= 15 is 0 Å². The molecule has 2 heterocycles. The van der Waals surface area contributed by atoms with E-state index in [1.54, 1.807) is 4.90 Å². The number of piperidine rings is 1. The van der Waals surface area contributed by atoms with Gasteiger partial charge in [-0.05, 0) is 39.5 Å². The van der Waals surface area contributed by atoms with Gasteiger partial charge in [-0.3, -0.25) is 0 Å². The minimum atomic E-state index is -0.492. The molecule has 0 radical (unpaired) electrons. The van der Waals surface area contributed by atoms with Gasteiger partial charge in [0.1, 0.15) is 11.7 Å². The number of hydrogen-bond acceptors (Lipinski definition) is 5. The number of hydrogen-bond donors (Lipinski definition) is 0. The molecule has 0 N–H and O–H groups in total. The molecule has 0 aromatic carbocycles. The second-order valence-electron chi connectivity index (χ2n) is 6.88. The van der Waals surface area contributed by atoms with Crippen LogP contribution < -0.4 is 4.74 Å². The van der Waals surface area contributed by atoms with Crippen molar-refractivity contribution in [1.82, 2.24) is 14.9 Å². The van der Waals surface area contributed by atoms with Crippen LogP contribution in [-0.4, -0.2) is 45.3 Å². The van der Waals surface area contributed by atoms with E-state index in [0.717, 1.165) is 19.4 Å². The number of carbonyl (C=O) groups is 1. The third-order valence-corrected chi connectivity index (χ3v) is 4.10. The van der Waals surface area contributed by atoms with Crippen LogP contribution in [0, 0.1) is 5.92 Å². The average molecular weight is 326 g/mol. The molecule has 0 unspecified atom stereocenters. The molecule has 3 rings (SSSR count). The van der Waals surface area contributed by atoms with Gasteiger partial charge in [-0.15, -0.1) is 0 Å². The van der Waals surface area contributed by atoms with Crippen LogP contribution >= 0.6 is 11.6 Å². The predicted molar refractivity (Wildman–Crippen MR) is 80.9 cm³/mol. The van der Waals surface area contributed by atoms with Gasteiger partial charge in [-0.25, -0.2) is 14.8 Å². The number of fused-ring (bicyclic) bond motifs is 2. The molecule has 1 saturated heterocycles. The van der Waals surface area contributed by atoms with Crippen molar-refractivity contribution < 1.29 is 14.3 Å². The minimum Gasteiger partial charge on any atom is -0.458 e. The molecular weight excluding hydrogens is 306 g/mol. The van der Waals surface area contributed by atoms with Gasteiger partial charge in [0.25, 0.3) is 0 Å². The molecule has 1 saturated carbocycles. The average Bonchev–Trinajstić information content (AvgIpc) is 2.99. The van der Waals surface area contributed by atoms with Crippen LogP contribution in [-0.2, 0) is 4.74 Å². The van der Waals surface area contributed by atoms with Crippen LogP contribution in [0.2, 0.25) is 5.02 Å². The van der Waals surface area contributed by atoms with E-state index in [4.69, 9.17) is 21.1 Å². The largest absolute Gasteiger partial charge is 0.458 e. The summed E-state index contributed by atoms with van der Waals surface area (Å²) in [5.41, 5.74) is -0.492. The molecule has 1 aromatic rings. The third-order valence-electron chi connectivity index (χ3n) is 3.91. The van der Waals surface area contributed by atoms with Gasteiger partial charge in [0, 0.05) is 6.54 Å². The quantitative estimate of drug-likeness (QED) is 0.836. The first kappa shape index (κ1) is 15.3. The van der Waals surface area contributed by atoms with E-state index in [1.807, 2.05) is 20.8 Å². The Bertz CT molecular complexity index is 558. The molecule has 120 valence electrons. The van der Waals surface area contributed by atoms with Crippen LogP contribution in [0.25, 0.3) is 0 Å². The Hall–Kier alpha value is -1.56. The Kier molecular flexibility index (Phi) is 3.89. The maximum atomic E-state index is 12.3. The molecule has 2 fully saturated rings. The van der Waals surface area contributed by atoms with Gasteiger partial charge in [-0.2, -0.15) is 0 Å². The van der Waals surface area contributed by atoms with E-state index in [0.29, 0.717) is 17.0 Å². The summed E-state index contributed by atoms with van der Waals surface area (Å²) >= 11 is 5.77. The molecule has 1 aliphatic carbocycles. The topological polar surface area (TPSA) is 64.5 Å². The van der Waals surface area contributed by atoms with E-state index in [2.05, 4.69) is 9.97 Å². The molecule has 7 heteroatoms. The number of likely N-dealkylation sites (tertiary alicyclic amines) is 1. The Morgan fingerprint density at radius 3 is 2.59 bits per heavy atom. The lowest BCUT2D eigenvalue weighted by Crippen LogP contribution is -2.48. The van der Waals surface area contributed by atoms with Crippen LogP contribution in [0.1, 0.15) is 33.6 Å². The zero-order chi connectivity index (χ0) is 15.9. The highest BCUT2D eigenvalue weighted by Crippen LogP contribution is 2.40. The van der Waals surface area contributed by atoms with Gasteiger partial charge in [0.05, 0.1) is 23.5 Å². The van der Waals surface area contributed by atoms with Crippen molar-refractivity contribution in [1.29, 1.82) is 0 Å². The van der Waals surface area contributed by atoms with Gasteiger partial charge in [0.2, 0.25) is 0 Å². The summed E-state index contributed by atoms with van der Waals surface area (Å²) < 4.78 is 11.3. The molecule has 1 amide bonds. The number of nitrogens with zero attached hydrogens (tertiary/aromatic N) is 3. The zero-order valence-electron chi connectivity index (χ0n) is 13.0. The summed E-state index contributed by atoms with van der Waals surface area (Å²) in [6.45, 7) is 6.35. The lowest BCUT2D eigenvalue weighted by molar-refractivity contribution is 0.00142. The number of amides is 1. The molecule has 2 aliphatic rings. The van der Waals surface area contributed by atoms with Gasteiger partial charge >= 0.3 is 12.1 Å². The maximum Gasteiger partial charge on any atom is 0.410 e. The summed E-state index contributed by atoms with van der Waals surface area (Å²) in [5.74, 6) is 0.454. The van der Waals surface area contributed by atoms with E-state index < -0.39 is 5.60 Å². The lowest BCUT2D eigenvalue weighted by atomic mass is 10.1. The summed E-state index contributed by atoms with van der Waals surface area (Å²) in [4.78, 5) is 22.2. The molecule has 22 heavy (non-hydrogen) atoms. The van der Waals surface area contributed by atoms with Crippen molar-refractivity contribution >= 4 is 17.7 Å². The van der Waals surface area contributed by atoms with Gasteiger partial charge in [0.15, 0.2) is 0 Å². The Morgan fingerprint density at radius 1 is 1.32 bits per heavy atom. The molecule has 2 bridgehead atoms. The number of ether oxygens (including phenoxy) is 2. The monoisotopic (exact) mass is 325 g/mol. The molecular formula is C15H20ClN3O3. The summed E-state index contributed by atoms with van der Waals surface area (Å²) in [6, 6.07) is 0.324. The molecule has 0 spiro atoms. The number of halogens is 1. The van der Waals surface area contributed by atoms with E-state index in [1.165, 1.54) is 12.4 Å². The fourth-order valence-electron chi connectivity index (χ4n) is 3.12. The van der Waals surface area contributed by atoms with Crippen LogP contribution in [0.4, 0.5) is 4.79 Å². The predicted octanol–water partition coefficient (Wildman–Crippen LogP) is 2.91. The number of carbonyl (C=O) groups excluding carboxylic acids is 1. The standard InChI is InChI=1S/C15H20ClN3O3/c1-15(2,3)22-14(20)19-8-9-4-11(19)12(5-9)21-13-17-6-10(16)7-18-13/h6-7,9,11-12H,4-5,8H2,1-3H3/t9-,11+,12-/m1/s1. The molecule has 1 aromatic heterocycles. The van der Waals surface area contributed by atoms with Crippen LogP contribution in [0.15, 0.2) is 12.4 Å². The highest BCUT2D eigenvalue weighted by molar-refractivity contribution is 6.30. The first-order valence-electron chi connectivity index (χ1n) is 7.45. The fraction of sp³-hybridized carbons (Fsp3) is 0.667. The van der Waals surface area contributed by atoms with E-state index in [9.17, 15) is 4.79 Å². The molecule has 1 aliphatic heterocycles. The van der Waals surface area contributed by atoms with Crippen LogP contribution in [0.3, 0.4) is 0 Å². The first-order chi connectivity index (χ1) is 10.3. The minimum absolute atomic E-state index is 0.0270. The van der Waals surface area contributed by atoms with Gasteiger partial charge < -0.3 is 14.4 Å². The van der Waals surface area contributed by atoms with Crippen molar-refractivity contribution in [2.24, 2.45) is 5.92 Å². The molecule has 6 nitrogen and oxygen atoms in total. The Morgan fingerprint density at radius 2 is 2.00 bits per heavy atom. The number of rotatable bonds is 2. The van der Waals surface area contributed by atoms with E-state index in [-0.39, 0.29) is 18.2 Å². The Balaban J connectivity index is 1.66. The highest BCUT2D eigenvalue weighted by Gasteiger charge is 2.49. The van der Waals surface area contributed by atoms with Crippen LogP contribution in [0.5, 0.6) is 6.01 Å². The molecule has 3 atom stereocenters. The SMILES string of the molecule is CC(C)(C)OC(=O)N1C[C@H]2C[C@@H](Oc3ncc(Cl)cn3)[C@@H]1C2. The summed E-state index contributed by atoms with van der Waals surface area (Å²) in [6.07, 6.45) is 4.50. The second kappa shape index (κ2) is 5.57. The highest BCUT2D eigenvalue weighted by atomic mass is 35.5. The number of aromatic nitrogens is 2. The smallest absolute Gasteiger partial charge is 0.410 e. The van der Waals surface area contributed by atoms with Gasteiger partial charge in [-0.1, -0.05) is 11.6 Å². The van der Waals surface area contributed by atoms with Crippen molar-refractivity contribution in [3.8, 4) is 6.01 Å². The zero-order valence-corrected chi connectivity index (χ0v) is 13.7. The summed E-state index contributed by atoms with van der Waals surface area (Å²) in [7, 11) is 0.